The normalized spacial score (nSPS) is 19.6. The third-order valence-corrected chi connectivity index (χ3v) is 11.6. The Hall–Kier alpha value is -4.11. The van der Waals surface area contributed by atoms with Crippen LogP contribution in [-0.4, -0.2) is 36.0 Å². The molecule has 10 nitrogen and oxygen atoms in total. The molecular weight excluding hydrogens is 652 g/mol. The predicted molar refractivity (Wildman–Crippen MR) is 174 cm³/mol. The Morgan fingerprint density at radius 3 is 2.15 bits per heavy atom. The van der Waals surface area contributed by atoms with Crippen LogP contribution in [-0.2, 0) is 36.4 Å². The Kier molecular flexibility index (Phi) is 8.03. The Morgan fingerprint density at radius 2 is 1.57 bits per heavy atom. The zero-order chi connectivity index (χ0) is 33.1. The standard InChI is InChI=1S/C32H29FN4O6S3/c1-32(2,3)18-6-4-17(5-7-18)24-25-26(29(40)37(28(25)39)21-12-8-19(33)9-13-21)44-30-27(24)45-31(41)36(30)16-23(38)35-20-10-14-22(15-11-20)46(34,42)43/h4-15,24-26H,16H2,1-3H3,(H,35,38)(H2,34,42,43)/t24-,25-,26+/m0/s1. The third kappa shape index (κ3) is 5.81. The van der Waals surface area contributed by atoms with E-state index < -0.39 is 55.5 Å². The smallest absolute Gasteiger partial charge is 0.308 e. The molecule has 0 aliphatic carbocycles. The van der Waals surface area contributed by atoms with Gasteiger partial charge in [0.1, 0.15) is 17.6 Å². The van der Waals surface area contributed by atoms with Crippen molar-refractivity contribution in [3.63, 3.8) is 0 Å². The molecule has 3 atom stereocenters. The number of nitrogens with two attached hydrogens (primary N) is 1. The number of sulfonamides is 1. The summed E-state index contributed by atoms with van der Waals surface area (Å²) in [6.07, 6.45) is 0. The molecular formula is C32H29FN4O6S3. The van der Waals surface area contributed by atoms with E-state index in [1.807, 2.05) is 24.3 Å². The number of amides is 3. The van der Waals surface area contributed by atoms with Crippen molar-refractivity contribution in [2.45, 2.75) is 53.8 Å². The van der Waals surface area contributed by atoms with Gasteiger partial charge in [-0.05, 0) is 65.1 Å². The van der Waals surface area contributed by atoms with Gasteiger partial charge in [0.05, 0.1) is 21.5 Å². The zero-order valence-electron chi connectivity index (χ0n) is 24.9. The summed E-state index contributed by atoms with van der Waals surface area (Å²) in [5, 5.41) is 7.32. The van der Waals surface area contributed by atoms with E-state index in [0.717, 1.165) is 39.1 Å². The van der Waals surface area contributed by atoms with Crippen molar-refractivity contribution in [3.8, 4) is 0 Å². The number of hydrogen-bond acceptors (Lipinski definition) is 8. The average Bonchev–Trinajstić information content (AvgIpc) is 3.43. The lowest BCUT2D eigenvalue weighted by molar-refractivity contribution is -0.122. The van der Waals surface area contributed by atoms with Gasteiger partial charge in [0.25, 0.3) is 0 Å². The number of carbonyl (C=O) groups is 3. The molecule has 0 saturated carbocycles. The quantitative estimate of drug-likeness (QED) is 0.286. The van der Waals surface area contributed by atoms with Crippen LogP contribution < -0.4 is 20.2 Å². The lowest BCUT2D eigenvalue weighted by atomic mass is 9.81. The molecule has 46 heavy (non-hydrogen) atoms. The van der Waals surface area contributed by atoms with Gasteiger partial charge in [0.2, 0.25) is 27.7 Å². The molecule has 0 bridgehead atoms. The molecule has 0 unspecified atom stereocenters. The average molecular weight is 681 g/mol. The van der Waals surface area contributed by atoms with Gasteiger partial charge >= 0.3 is 4.87 Å². The number of halogens is 1. The Labute approximate surface area is 272 Å². The molecule has 3 aromatic carbocycles. The number of carbonyl (C=O) groups excluding carboxylic acids is 3. The third-order valence-electron chi connectivity index (χ3n) is 8.04. The van der Waals surface area contributed by atoms with Crippen LogP contribution in [0.25, 0.3) is 0 Å². The Balaban J connectivity index is 1.38. The summed E-state index contributed by atoms with van der Waals surface area (Å²) in [6, 6.07) is 18.2. The number of nitrogens with one attached hydrogen (secondary N) is 1. The van der Waals surface area contributed by atoms with E-state index in [9.17, 15) is 32.0 Å². The number of rotatable bonds is 6. The highest BCUT2D eigenvalue weighted by atomic mass is 32.2. The van der Waals surface area contributed by atoms with Gasteiger partial charge in [0, 0.05) is 16.5 Å². The van der Waals surface area contributed by atoms with Crippen LogP contribution in [0.2, 0.25) is 0 Å². The van der Waals surface area contributed by atoms with Crippen molar-refractivity contribution in [1.29, 1.82) is 0 Å². The fourth-order valence-corrected chi connectivity index (χ4v) is 9.01. The monoisotopic (exact) mass is 680 g/mol. The molecule has 0 spiro atoms. The number of fused-ring (bicyclic) bond motifs is 2. The van der Waals surface area contributed by atoms with Crippen molar-refractivity contribution in [2.75, 3.05) is 10.2 Å². The maximum atomic E-state index is 14.0. The van der Waals surface area contributed by atoms with Crippen LogP contribution >= 0.6 is 23.1 Å². The van der Waals surface area contributed by atoms with E-state index in [4.69, 9.17) is 5.14 Å². The molecule has 3 N–H and O–H groups in total. The zero-order valence-corrected chi connectivity index (χ0v) is 27.3. The number of hydrogen-bond donors (Lipinski definition) is 2. The van der Waals surface area contributed by atoms with Crippen LogP contribution in [0.15, 0.2) is 87.5 Å². The molecule has 1 fully saturated rings. The van der Waals surface area contributed by atoms with Crippen LogP contribution in [0.5, 0.6) is 0 Å². The molecule has 0 radical (unpaired) electrons. The van der Waals surface area contributed by atoms with Gasteiger partial charge in [-0.15, -0.1) is 0 Å². The van der Waals surface area contributed by atoms with Crippen molar-refractivity contribution >= 4 is 62.2 Å². The SMILES string of the molecule is CC(C)(C)c1ccc([C@@H]2c3sc(=O)n(CC(=O)Nc4ccc(S(N)(=O)=O)cc4)c3S[C@H]3C(=O)N(c4ccc(F)cc4)C(=O)[C@@H]23)cc1. The minimum Gasteiger partial charge on any atom is -0.325 e. The molecule has 14 heteroatoms. The second kappa shape index (κ2) is 11.6. The van der Waals surface area contributed by atoms with Gasteiger partial charge in [-0.1, -0.05) is 68.1 Å². The number of benzene rings is 3. The molecule has 2 aliphatic heterocycles. The van der Waals surface area contributed by atoms with E-state index in [0.29, 0.717) is 15.6 Å². The van der Waals surface area contributed by atoms with E-state index in [1.54, 1.807) is 0 Å². The van der Waals surface area contributed by atoms with Gasteiger partial charge in [-0.2, -0.15) is 0 Å². The fourth-order valence-electron chi connectivity index (χ4n) is 5.72. The first-order chi connectivity index (χ1) is 21.6. The molecule has 3 amide bonds. The number of thiazole rings is 1. The molecule has 1 saturated heterocycles. The van der Waals surface area contributed by atoms with E-state index >= 15 is 0 Å². The number of anilines is 2. The molecule has 6 rings (SSSR count). The van der Waals surface area contributed by atoms with Crippen LogP contribution in [0.4, 0.5) is 15.8 Å². The summed E-state index contributed by atoms with van der Waals surface area (Å²) in [5.74, 6) is -3.48. The number of imide groups is 1. The van der Waals surface area contributed by atoms with Gasteiger partial charge in [-0.25, -0.2) is 22.8 Å². The number of primary sulfonamides is 1. The van der Waals surface area contributed by atoms with Crippen LogP contribution in [0.1, 0.15) is 42.7 Å². The molecule has 1 aromatic heterocycles. The summed E-state index contributed by atoms with van der Waals surface area (Å²) in [5.41, 5.74) is 2.24. The summed E-state index contributed by atoms with van der Waals surface area (Å²) in [6.45, 7) is 5.86. The minimum absolute atomic E-state index is 0.119. The first kappa shape index (κ1) is 31.9. The number of nitrogens with zero attached hydrogens (tertiary/aromatic N) is 2. The van der Waals surface area contributed by atoms with Crippen molar-refractivity contribution in [1.82, 2.24) is 4.57 Å². The second-order valence-electron chi connectivity index (χ2n) is 12.1. The van der Waals surface area contributed by atoms with Crippen LogP contribution in [0, 0.1) is 11.7 Å². The summed E-state index contributed by atoms with van der Waals surface area (Å²) in [4.78, 5) is 55.5. The van der Waals surface area contributed by atoms with Gasteiger partial charge in [0.15, 0.2) is 0 Å². The highest BCUT2D eigenvalue weighted by Crippen LogP contribution is 2.54. The highest BCUT2D eigenvalue weighted by molar-refractivity contribution is 8.00. The van der Waals surface area contributed by atoms with E-state index in [-0.39, 0.29) is 22.5 Å². The van der Waals surface area contributed by atoms with E-state index in [1.165, 1.54) is 53.1 Å². The van der Waals surface area contributed by atoms with Crippen molar-refractivity contribution in [2.24, 2.45) is 11.1 Å². The molecule has 4 aromatic rings. The minimum atomic E-state index is -3.91. The largest absolute Gasteiger partial charge is 0.325 e. The van der Waals surface area contributed by atoms with E-state index in [2.05, 4.69) is 26.1 Å². The first-order valence-corrected chi connectivity index (χ1v) is 17.4. The maximum Gasteiger partial charge on any atom is 0.308 e. The Morgan fingerprint density at radius 1 is 0.935 bits per heavy atom. The summed E-state index contributed by atoms with van der Waals surface area (Å²) >= 11 is 2.00. The van der Waals surface area contributed by atoms with Crippen molar-refractivity contribution < 1.29 is 27.2 Å². The lowest BCUT2D eigenvalue weighted by Crippen LogP contribution is -2.33. The first-order valence-electron chi connectivity index (χ1n) is 14.2. The summed E-state index contributed by atoms with van der Waals surface area (Å²) < 4.78 is 38.1. The van der Waals surface area contributed by atoms with Gasteiger partial charge < -0.3 is 5.32 Å². The topological polar surface area (TPSA) is 149 Å². The second-order valence-corrected chi connectivity index (χ2v) is 15.8. The van der Waals surface area contributed by atoms with Gasteiger partial charge in [-0.3, -0.25) is 23.7 Å². The van der Waals surface area contributed by atoms with Crippen molar-refractivity contribution in [3.05, 3.63) is 104 Å². The molecule has 3 heterocycles. The highest BCUT2D eigenvalue weighted by Gasteiger charge is 2.56. The Bertz CT molecular complexity index is 2030. The number of thioether (sulfide) groups is 1. The lowest BCUT2D eigenvalue weighted by Gasteiger charge is -2.31. The maximum absolute atomic E-state index is 14.0. The molecule has 238 valence electrons. The fraction of sp³-hybridized carbons (Fsp3) is 0.250. The molecule has 2 aliphatic rings. The number of aromatic nitrogens is 1. The summed E-state index contributed by atoms with van der Waals surface area (Å²) in [7, 11) is -3.91. The van der Waals surface area contributed by atoms with Crippen LogP contribution in [0.3, 0.4) is 0 Å². The predicted octanol–water partition coefficient (Wildman–Crippen LogP) is 4.43.